The monoisotopic (exact) mass is 361 g/mol. The van der Waals surface area contributed by atoms with Gasteiger partial charge < -0.3 is 15.0 Å². The van der Waals surface area contributed by atoms with Crippen molar-refractivity contribution in [1.29, 1.82) is 0 Å². The standard InChI is InChI=1S/C18H23N3O5/c1-13(17(24)20(2)12-14-7-4-3-5-8-14)26-16(23)9-6-10-21-15(22)11-19-18(21)25/h3-5,7-8,13H,6,9-12H2,1-2H3,(H,19,25)/t13-/m1/s1. The molecular formula is C18H23N3O5. The van der Waals surface area contributed by atoms with Crippen molar-refractivity contribution < 1.29 is 23.9 Å². The number of hydrogen-bond acceptors (Lipinski definition) is 5. The lowest BCUT2D eigenvalue weighted by Crippen LogP contribution is -2.37. The van der Waals surface area contributed by atoms with Crippen LogP contribution in [0.1, 0.15) is 25.3 Å². The van der Waals surface area contributed by atoms with Gasteiger partial charge in [0.2, 0.25) is 5.91 Å². The summed E-state index contributed by atoms with van der Waals surface area (Å²) in [5.74, 6) is -1.14. The first-order chi connectivity index (χ1) is 12.4. The van der Waals surface area contributed by atoms with E-state index in [1.807, 2.05) is 30.3 Å². The van der Waals surface area contributed by atoms with Crippen molar-refractivity contribution in [2.24, 2.45) is 0 Å². The van der Waals surface area contributed by atoms with E-state index < -0.39 is 18.1 Å². The molecule has 2 rings (SSSR count). The van der Waals surface area contributed by atoms with Crippen molar-refractivity contribution in [2.75, 3.05) is 20.1 Å². The van der Waals surface area contributed by atoms with Gasteiger partial charge in [0.15, 0.2) is 6.10 Å². The zero-order valence-electron chi connectivity index (χ0n) is 14.9. The summed E-state index contributed by atoms with van der Waals surface area (Å²) >= 11 is 0. The van der Waals surface area contributed by atoms with E-state index in [1.165, 1.54) is 11.8 Å². The van der Waals surface area contributed by atoms with E-state index in [2.05, 4.69) is 5.32 Å². The van der Waals surface area contributed by atoms with Gasteiger partial charge in [-0.2, -0.15) is 0 Å². The van der Waals surface area contributed by atoms with Gasteiger partial charge in [-0.05, 0) is 18.9 Å². The molecule has 1 aliphatic heterocycles. The summed E-state index contributed by atoms with van der Waals surface area (Å²) in [6, 6.07) is 9.06. The molecule has 1 aliphatic rings. The van der Waals surface area contributed by atoms with Gasteiger partial charge in [0.1, 0.15) is 0 Å². The maximum absolute atomic E-state index is 12.3. The number of hydrogen-bond donors (Lipinski definition) is 1. The molecule has 1 aromatic carbocycles. The number of esters is 1. The van der Waals surface area contributed by atoms with Crippen molar-refractivity contribution in [2.45, 2.75) is 32.4 Å². The Morgan fingerprint density at radius 1 is 1.27 bits per heavy atom. The van der Waals surface area contributed by atoms with Crippen LogP contribution in [-0.4, -0.2) is 59.9 Å². The van der Waals surface area contributed by atoms with E-state index in [-0.39, 0.29) is 31.3 Å². The minimum atomic E-state index is -0.895. The second-order valence-corrected chi connectivity index (χ2v) is 6.12. The number of likely N-dealkylation sites (N-methyl/N-ethyl adjacent to an activating group) is 1. The van der Waals surface area contributed by atoms with E-state index >= 15 is 0 Å². The SMILES string of the molecule is C[C@@H](OC(=O)CCCN1C(=O)CNC1=O)C(=O)N(C)Cc1ccccc1. The Labute approximate surface area is 152 Å². The van der Waals surface area contributed by atoms with E-state index in [0.29, 0.717) is 13.0 Å². The second kappa shape index (κ2) is 8.98. The van der Waals surface area contributed by atoms with E-state index in [0.717, 1.165) is 10.5 Å². The Morgan fingerprint density at radius 2 is 1.96 bits per heavy atom. The highest BCUT2D eigenvalue weighted by Gasteiger charge is 2.28. The number of carbonyl (C=O) groups is 4. The van der Waals surface area contributed by atoms with Gasteiger partial charge in [-0.1, -0.05) is 30.3 Å². The van der Waals surface area contributed by atoms with Crippen LogP contribution in [0, 0.1) is 0 Å². The van der Waals surface area contributed by atoms with Crippen LogP contribution in [0.2, 0.25) is 0 Å². The number of nitrogens with one attached hydrogen (secondary N) is 1. The zero-order chi connectivity index (χ0) is 19.1. The summed E-state index contributed by atoms with van der Waals surface area (Å²) in [6.45, 7) is 2.09. The summed E-state index contributed by atoms with van der Waals surface area (Å²) < 4.78 is 5.16. The van der Waals surface area contributed by atoms with Crippen LogP contribution < -0.4 is 5.32 Å². The maximum Gasteiger partial charge on any atom is 0.324 e. The number of benzene rings is 1. The van der Waals surface area contributed by atoms with Crippen molar-refractivity contribution >= 4 is 23.8 Å². The fourth-order valence-corrected chi connectivity index (χ4v) is 2.62. The minimum absolute atomic E-state index is 0.0113. The van der Waals surface area contributed by atoms with Crippen molar-refractivity contribution in [3.63, 3.8) is 0 Å². The lowest BCUT2D eigenvalue weighted by molar-refractivity contribution is -0.158. The van der Waals surface area contributed by atoms with Crippen LogP contribution in [-0.2, 0) is 25.7 Å². The van der Waals surface area contributed by atoms with E-state index in [4.69, 9.17) is 4.74 Å². The molecule has 0 aromatic heterocycles. The third-order valence-corrected chi connectivity index (χ3v) is 3.99. The van der Waals surface area contributed by atoms with Gasteiger partial charge in [-0.25, -0.2) is 4.79 Å². The molecule has 1 atom stereocenters. The molecule has 4 amide bonds. The lowest BCUT2D eigenvalue weighted by Gasteiger charge is -2.21. The molecule has 0 unspecified atom stereocenters. The molecule has 140 valence electrons. The number of carbonyl (C=O) groups excluding carboxylic acids is 4. The zero-order valence-corrected chi connectivity index (χ0v) is 14.9. The van der Waals surface area contributed by atoms with Crippen LogP contribution in [0.5, 0.6) is 0 Å². The number of ether oxygens (including phenoxy) is 1. The van der Waals surface area contributed by atoms with Crippen molar-refractivity contribution in [1.82, 2.24) is 15.1 Å². The molecule has 8 nitrogen and oxygen atoms in total. The van der Waals surface area contributed by atoms with Gasteiger partial charge in [-0.15, -0.1) is 0 Å². The van der Waals surface area contributed by atoms with Crippen LogP contribution in [0.15, 0.2) is 30.3 Å². The summed E-state index contributed by atoms with van der Waals surface area (Å²) in [7, 11) is 1.65. The molecule has 0 saturated carbocycles. The summed E-state index contributed by atoms with van der Waals surface area (Å²) in [5.41, 5.74) is 0.982. The molecular weight excluding hydrogens is 338 g/mol. The summed E-state index contributed by atoms with van der Waals surface area (Å²) in [6.07, 6.45) is -0.580. The average Bonchev–Trinajstić information content (AvgIpc) is 2.93. The third kappa shape index (κ3) is 5.30. The first kappa shape index (κ1) is 19.4. The quantitative estimate of drug-likeness (QED) is 0.548. The Bertz CT molecular complexity index is 661. The topological polar surface area (TPSA) is 96.0 Å². The number of imide groups is 1. The fraction of sp³-hybridized carbons (Fsp3) is 0.444. The Balaban J connectivity index is 1.72. The second-order valence-electron chi connectivity index (χ2n) is 6.12. The maximum atomic E-state index is 12.3. The van der Waals surface area contributed by atoms with Crippen LogP contribution >= 0.6 is 0 Å². The van der Waals surface area contributed by atoms with Gasteiger partial charge in [0.05, 0.1) is 6.54 Å². The summed E-state index contributed by atoms with van der Waals surface area (Å²) in [4.78, 5) is 49.5. The fourth-order valence-electron chi connectivity index (χ4n) is 2.62. The predicted octanol–water partition coefficient (Wildman–Crippen LogP) is 0.909. The average molecular weight is 361 g/mol. The highest BCUT2D eigenvalue weighted by molar-refractivity contribution is 6.01. The minimum Gasteiger partial charge on any atom is -0.453 e. The first-order valence-electron chi connectivity index (χ1n) is 8.45. The molecule has 1 aromatic rings. The van der Waals surface area contributed by atoms with Crippen molar-refractivity contribution in [3.05, 3.63) is 35.9 Å². The van der Waals surface area contributed by atoms with Gasteiger partial charge in [0, 0.05) is 26.6 Å². The number of urea groups is 1. The van der Waals surface area contributed by atoms with Gasteiger partial charge >= 0.3 is 12.0 Å². The molecule has 0 aliphatic carbocycles. The van der Waals surface area contributed by atoms with Gasteiger partial charge in [-0.3, -0.25) is 19.3 Å². The molecule has 8 heteroatoms. The van der Waals surface area contributed by atoms with Crippen molar-refractivity contribution in [3.8, 4) is 0 Å². The van der Waals surface area contributed by atoms with E-state index in [1.54, 1.807) is 7.05 Å². The molecule has 1 heterocycles. The molecule has 0 bridgehead atoms. The molecule has 1 N–H and O–H groups in total. The Kier molecular flexibility index (Phi) is 6.71. The highest BCUT2D eigenvalue weighted by atomic mass is 16.5. The van der Waals surface area contributed by atoms with E-state index in [9.17, 15) is 19.2 Å². The third-order valence-electron chi connectivity index (χ3n) is 3.99. The molecule has 0 radical (unpaired) electrons. The summed E-state index contributed by atoms with van der Waals surface area (Å²) in [5, 5.41) is 2.41. The van der Waals surface area contributed by atoms with Crippen LogP contribution in [0.4, 0.5) is 4.79 Å². The molecule has 1 saturated heterocycles. The molecule has 1 fully saturated rings. The largest absolute Gasteiger partial charge is 0.453 e. The predicted molar refractivity (Wildman–Crippen MR) is 92.8 cm³/mol. The number of nitrogens with zero attached hydrogens (tertiary/aromatic N) is 2. The van der Waals surface area contributed by atoms with Gasteiger partial charge in [0.25, 0.3) is 5.91 Å². The van der Waals surface area contributed by atoms with Crippen LogP contribution in [0.3, 0.4) is 0 Å². The highest BCUT2D eigenvalue weighted by Crippen LogP contribution is 2.08. The Hall–Kier alpha value is -2.90. The smallest absolute Gasteiger partial charge is 0.324 e. The number of amides is 4. The molecule has 0 spiro atoms. The first-order valence-corrected chi connectivity index (χ1v) is 8.45. The van der Waals surface area contributed by atoms with Crippen LogP contribution in [0.25, 0.3) is 0 Å². The Morgan fingerprint density at radius 3 is 2.58 bits per heavy atom. The number of rotatable bonds is 8. The lowest BCUT2D eigenvalue weighted by atomic mass is 10.2. The normalized spacial score (nSPS) is 14.8. The molecule has 26 heavy (non-hydrogen) atoms.